The number of urea groups is 1. The number of carbonyl (C=O) groups excluding carboxylic acids is 3. The van der Waals surface area contributed by atoms with Gasteiger partial charge in [0.15, 0.2) is 5.41 Å². The predicted octanol–water partition coefficient (Wildman–Crippen LogP) is 2.30. The van der Waals surface area contributed by atoms with E-state index in [0.29, 0.717) is 11.4 Å². The fraction of sp³-hybridized carbons (Fsp3) is 0.208. The van der Waals surface area contributed by atoms with E-state index in [1.54, 1.807) is 36.7 Å². The van der Waals surface area contributed by atoms with Gasteiger partial charge in [0.25, 0.3) is 0 Å². The summed E-state index contributed by atoms with van der Waals surface area (Å²) in [5.41, 5.74) is 0.361. The minimum absolute atomic E-state index is 0.0125. The highest BCUT2D eigenvalue weighted by Crippen LogP contribution is 2.62. The largest absolute Gasteiger partial charge is 0.460 e. The van der Waals surface area contributed by atoms with Gasteiger partial charge in [-0.05, 0) is 29.8 Å². The highest BCUT2D eigenvalue weighted by atomic mass is 16.5. The van der Waals surface area contributed by atoms with Crippen molar-refractivity contribution in [1.82, 2.24) is 20.6 Å². The maximum atomic E-state index is 13.6. The number of fused-ring (bicyclic) bond motifs is 1. The first-order valence-electron chi connectivity index (χ1n) is 10.3. The summed E-state index contributed by atoms with van der Waals surface area (Å²) in [6.45, 7) is 0.0125. The molecule has 2 N–H and O–H groups in total. The molecule has 1 aromatic carbocycles. The summed E-state index contributed by atoms with van der Waals surface area (Å²) in [7, 11) is 0. The van der Waals surface area contributed by atoms with Crippen molar-refractivity contribution in [2.45, 2.75) is 24.5 Å². The maximum absolute atomic E-state index is 13.6. The van der Waals surface area contributed by atoms with Crippen LogP contribution in [0.25, 0.3) is 0 Å². The van der Waals surface area contributed by atoms with Crippen molar-refractivity contribution in [3.05, 3.63) is 96.1 Å². The Morgan fingerprint density at radius 3 is 2.22 bits per heavy atom. The zero-order valence-corrected chi connectivity index (χ0v) is 17.0. The summed E-state index contributed by atoms with van der Waals surface area (Å²) in [5, 5.41) is 5.04. The molecule has 1 saturated heterocycles. The van der Waals surface area contributed by atoms with Gasteiger partial charge < -0.3 is 10.1 Å². The Kier molecular flexibility index (Phi) is 4.89. The predicted molar refractivity (Wildman–Crippen MR) is 113 cm³/mol. The number of nitrogens with one attached hydrogen (secondary N) is 2. The van der Waals surface area contributed by atoms with E-state index < -0.39 is 41.2 Å². The molecule has 160 valence electrons. The van der Waals surface area contributed by atoms with Crippen molar-refractivity contribution >= 4 is 17.9 Å². The molecule has 32 heavy (non-hydrogen) atoms. The van der Waals surface area contributed by atoms with Crippen LogP contribution in [0.1, 0.15) is 28.8 Å². The summed E-state index contributed by atoms with van der Waals surface area (Å²) >= 11 is 0. The second-order valence-electron chi connectivity index (χ2n) is 7.85. The molecule has 2 aliphatic rings. The molecule has 8 nitrogen and oxygen atoms in total. The van der Waals surface area contributed by atoms with Crippen LogP contribution in [0.3, 0.4) is 0 Å². The van der Waals surface area contributed by atoms with Gasteiger partial charge in [0, 0.05) is 35.6 Å². The average Bonchev–Trinajstić information content (AvgIpc) is 2.81. The van der Waals surface area contributed by atoms with Gasteiger partial charge in [0.2, 0.25) is 5.91 Å². The number of hydrogen-bond donors (Lipinski definition) is 2. The van der Waals surface area contributed by atoms with Crippen LogP contribution in [-0.2, 0) is 20.9 Å². The smallest absolute Gasteiger partial charge is 0.324 e. The first-order valence-corrected chi connectivity index (χ1v) is 10.3. The van der Waals surface area contributed by atoms with Crippen LogP contribution in [0.2, 0.25) is 0 Å². The van der Waals surface area contributed by atoms with Crippen molar-refractivity contribution in [2.75, 3.05) is 0 Å². The van der Waals surface area contributed by atoms with Crippen molar-refractivity contribution in [3.8, 4) is 0 Å². The van der Waals surface area contributed by atoms with Crippen molar-refractivity contribution in [1.29, 1.82) is 0 Å². The fourth-order valence-electron chi connectivity index (χ4n) is 4.78. The number of esters is 1. The van der Waals surface area contributed by atoms with Gasteiger partial charge in [-0.2, -0.15) is 0 Å². The van der Waals surface area contributed by atoms with E-state index >= 15 is 0 Å². The summed E-state index contributed by atoms with van der Waals surface area (Å²) < 4.78 is 5.63. The van der Waals surface area contributed by atoms with Gasteiger partial charge in [-0.25, -0.2) is 4.79 Å². The number of aromatic nitrogens is 2. The fourth-order valence-corrected chi connectivity index (χ4v) is 4.78. The summed E-state index contributed by atoms with van der Waals surface area (Å²) in [5.74, 6) is -2.48. The van der Waals surface area contributed by atoms with E-state index in [1.807, 2.05) is 42.5 Å². The second-order valence-corrected chi connectivity index (χ2v) is 7.85. The maximum Gasteiger partial charge on any atom is 0.324 e. The standard InChI is InChI=1S/C24H20N4O4/c29-21-24(22(30)32-14-15-8-2-1-3-9-15)19(17-11-5-7-13-26-17)18(16-10-4-6-12-25-16)20(24)27-23(31)28-21/h1-13,18-20H,14H2,(H2,27,28,29,31). The highest BCUT2D eigenvalue weighted by Gasteiger charge is 2.75. The zero-order chi connectivity index (χ0) is 22.1. The number of imide groups is 1. The third-order valence-electron chi connectivity index (χ3n) is 6.17. The van der Waals surface area contributed by atoms with E-state index in [-0.39, 0.29) is 6.61 Å². The Labute approximate surface area is 184 Å². The lowest BCUT2D eigenvalue weighted by Gasteiger charge is -2.58. The number of amides is 3. The van der Waals surface area contributed by atoms with Gasteiger partial charge in [-0.15, -0.1) is 0 Å². The van der Waals surface area contributed by atoms with Crippen LogP contribution in [0.15, 0.2) is 79.1 Å². The molecule has 4 atom stereocenters. The van der Waals surface area contributed by atoms with Crippen LogP contribution in [0.5, 0.6) is 0 Å². The Balaban J connectivity index is 1.58. The van der Waals surface area contributed by atoms with Crippen LogP contribution in [0.4, 0.5) is 4.79 Å². The second kappa shape index (κ2) is 7.88. The zero-order valence-electron chi connectivity index (χ0n) is 17.0. The topological polar surface area (TPSA) is 110 Å². The Morgan fingerprint density at radius 2 is 1.56 bits per heavy atom. The highest BCUT2D eigenvalue weighted by molar-refractivity contribution is 6.14. The van der Waals surface area contributed by atoms with Crippen LogP contribution < -0.4 is 10.6 Å². The lowest BCUT2D eigenvalue weighted by atomic mass is 9.47. The number of hydrogen-bond acceptors (Lipinski definition) is 6. The van der Waals surface area contributed by atoms with Crippen LogP contribution in [0, 0.1) is 5.41 Å². The van der Waals surface area contributed by atoms with Crippen LogP contribution in [-0.4, -0.2) is 33.9 Å². The number of rotatable bonds is 5. The minimum Gasteiger partial charge on any atom is -0.460 e. The molecule has 2 aromatic heterocycles. The number of carbonyl (C=O) groups is 3. The molecular formula is C24H20N4O4. The summed E-state index contributed by atoms with van der Waals surface area (Å²) in [4.78, 5) is 47.9. The normalized spacial score (nSPS) is 26.2. The molecule has 3 amide bonds. The number of pyridine rings is 2. The molecule has 1 aliphatic heterocycles. The Bertz CT molecular complexity index is 1160. The van der Waals surface area contributed by atoms with E-state index in [0.717, 1.165) is 5.56 Å². The Hall–Kier alpha value is -4.07. The van der Waals surface area contributed by atoms with E-state index in [1.165, 1.54) is 0 Å². The molecule has 4 unspecified atom stereocenters. The minimum atomic E-state index is -1.65. The molecule has 0 spiro atoms. The first kappa shape index (κ1) is 19.9. The molecule has 3 heterocycles. The van der Waals surface area contributed by atoms with Gasteiger partial charge in [0.1, 0.15) is 6.61 Å². The van der Waals surface area contributed by atoms with Gasteiger partial charge in [-0.1, -0.05) is 42.5 Å². The molecule has 1 aliphatic carbocycles. The number of benzene rings is 1. The van der Waals surface area contributed by atoms with Crippen molar-refractivity contribution < 1.29 is 19.1 Å². The quantitative estimate of drug-likeness (QED) is 0.477. The molecule has 8 heteroatoms. The van der Waals surface area contributed by atoms with Gasteiger partial charge in [0.05, 0.1) is 6.04 Å². The van der Waals surface area contributed by atoms with Gasteiger partial charge >= 0.3 is 12.0 Å². The third kappa shape index (κ3) is 3.03. The molecular weight excluding hydrogens is 408 g/mol. The van der Waals surface area contributed by atoms with Crippen LogP contribution >= 0.6 is 0 Å². The van der Waals surface area contributed by atoms with E-state index in [2.05, 4.69) is 20.6 Å². The van der Waals surface area contributed by atoms with Crippen molar-refractivity contribution in [2.24, 2.45) is 5.41 Å². The number of ether oxygens (including phenoxy) is 1. The summed E-state index contributed by atoms with van der Waals surface area (Å²) in [6.07, 6.45) is 3.25. The molecule has 0 bridgehead atoms. The number of nitrogens with zero attached hydrogens (tertiary/aromatic N) is 2. The van der Waals surface area contributed by atoms with Gasteiger partial charge in [-0.3, -0.25) is 24.9 Å². The molecule has 2 fully saturated rings. The molecule has 1 saturated carbocycles. The van der Waals surface area contributed by atoms with Crippen molar-refractivity contribution in [3.63, 3.8) is 0 Å². The molecule has 3 aromatic rings. The summed E-state index contributed by atoms with van der Waals surface area (Å²) in [6, 6.07) is 18.5. The third-order valence-corrected chi connectivity index (χ3v) is 6.17. The SMILES string of the molecule is O=C1NC(=O)C2(C(=O)OCc3ccccc3)C(N1)C(c1ccccn1)C2c1ccccn1. The lowest BCUT2D eigenvalue weighted by Crippen LogP contribution is -2.78. The molecule has 0 radical (unpaired) electrons. The van der Waals surface area contributed by atoms with E-state index in [9.17, 15) is 14.4 Å². The average molecular weight is 428 g/mol. The monoisotopic (exact) mass is 428 g/mol. The Morgan fingerprint density at radius 1 is 0.906 bits per heavy atom. The first-order chi connectivity index (χ1) is 15.6. The molecule has 5 rings (SSSR count). The lowest BCUT2D eigenvalue weighted by molar-refractivity contribution is -0.178. The van der Waals surface area contributed by atoms with E-state index in [4.69, 9.17) is 4.74 Å².